The van der Waals surface area contributed by atoms with Crippen LogP contribution in [0.2, 0.25) is 5.02 Å². The van der Waals surface area contributed by atoms with Crippen LogP contribution >= 0.6 is 38.9 Å². The molecule has 1 aliphatic rings. The number of rotatable bonds is 11. The lowest BCUT2D eigenvalue weighted by Gasteiger charge is -2.23. The average molecular weight is 680 g/mol. The molecule has 0 bridgehead atoms. The molecule has 0 saturated heterocycles. The van der Waals surface area contributed by atoms with Gasteiger partial charge in [-0.2, -0.15) is 0 Å². The van der Waals surface area contributed by atoms with E-state index in [1.54, 1.807) is 43.3 Å². The van der Waals surface area contributed by atoms with Crippen molar-refractivity contribution in [2.24, 2.45) is 4.99 Å². The normalized spacial score (nSPS) is 14.4. The molecule has 3 aromatic rings. The number of carbonyl (C=O) groups is 2. The van der Waals surface area contributed by atoms with Gasteiger partial charge in [0, 0.05) is 16.8 Å². The first-order valence-corrected chi connectivity index (χ1v) is 15.0. The van der Waals surface area contributed by atoms with Gasteiger partial charge >= 0.3 is 11.9 Å². The molecule has 2 aromatic carbocycles. The zero-order chi connectivity index (χ0) is 30.4. The van der Waals surface area contributed by atoms with E-state index in [4.69, 9.17) is 35.3 Å². The lowest BCUT2D eigenvalue weighted by molar-refractivity contribution is -0.145. The van der Waals surface area contributed by atoms with Gasteiger partial charge in [-0.3, -0.25) is 9.36 Å². The maximum atomic E-state index is 14.0. The number of aromatic nitrogens is 1. The van der Waals surface area contributed by atoms with Crippen molar-refractivity contribution in [1.82, 2.24) is 4.57 Å². The Morgan fingerprint density at radius 1 is 1.07 bits per heavy atom. The van der Waals surface area contributed by atoms with E-state index in [0.29, 0.717) is 60.4 Å². The summed E-state index contributed by atoms with van der Waals surface area (Å²) in [7, 11) is 1.27. The highest BCUT2D eigenvalue weighted by Crippen LogP contribution is 2.36. The second-order valence-corrected chi connectivity index (χ2v) is 10.9. The van der Waals surface area contributed by atoms with Gasteiger partial charge in [0.2, 0.25) is 0 Å². The summed E-state index contributed by atoms with van der Waals surface area (Å²) in [6.07, 6.45) is 3.01. The highest BCUT2D eigenvalue weighted by atomic mass is 79.9. The van der Waals surface area contributed by atoms with E-state index < -0.39 is 23.5 Å². The van der Waals surface area contributed by atoms with E-state index in [1.807, 2.05) is 13.8 Å². The Balaban J connectivity index is 1.87. The number of carbonyl (C=O) groups excluding carboxylic acids is 2. The fourth-order valence-electron chi connectivity index (χ4n) is 4.30. The van der Waals surface area contributed by atoms with E-state index in [1.165, 1.54) is 17.9 Å². The van der Waals surface area contributed by atoms with Gasteiger partial charge in [-0.25, -0.2) is 14.6 Å². The Hall–Kier alpha value is -3.61. The number of hydrogen-bond donors (Lipinski definition) is 0. The van der Waals surface area contributed by atoms with Crippen LogP contribution in [-0.2, 0) is 19.1 Å². The molecule has 1 atom stereocenters. The van der Waals surface area contributed by atoms with Gasteiger partial charge in [0.1, 0.15) is 5.75 Å². The molecule has 0 aliphatic carbocycles. The molecule has 0 saturated carbocycles. The maximum Gasteiger partial charge on any atom is 0.344 e. The van der Waals surface area contributed by atoms with Crippen molar-refractivity contribution in [2.45, 2.75) is 26.8 Å². The van der Waals surface area contributed by atoms with Gasteiger partial charge in [0.05, 0.1) is 47.6 Å². The molecule has 1 aromatic heterocycles. The van der Waals surface area contributed by atoms with E-state index in [2.05, 4.69) is 20.9 Å². The monoisotopic (exact) mass is 678 g/mol. The van der Waals surface area contributed by atoms with Crippen LogP contribution in [0.15, 0.2) is 56.4 Å². The number of benzene rings is 2. The summed E-state index contributed by atoms with van der Waals surface area (Å²) in [5.41, 5.74) is 0.821. The van der Waals surface area contributed by atoms with Crippen LogP contribution in [0.1, 0.15) is 37.9 Å². The number of nitrogens with zero attached hydrogens (tertiary/aromatic N) is 2. The predicted octanol–water partition coefficient (Wildman–Crippen LogP) is 4.17. The first-order valence-electron chi connectivity index (χ1n) is 13.0. The molecule has 1 aliphatic heterocycles. The predicted molar refractivity (Wildman–Crippen MR) is 161 cm³/mol. The topological polar surface area (TPSA) is 115 Å². The number of halogens is 2. The van der Waals surface area contributed by atoms with Crippen molar-refractivity contribution in [2.75, 3.05) is 33.5 Å². The summed E-state index contributed by atoms with van der Waals surface area (Å²) in [6.45, 7) is 6.13. The number of methoxy groups -OCH3 is 1. The zero-order valence-corrected chi connectivity index (χ0v) is 26.4. The maximum absolute atomic E-state index is 14.0. The largest absolute Gasteiger partial charge is 0.490 e. The molecule has 42 heavy (non-hydrogen) atoms. The van der Waals surface area contributed by atoms with Gasteiger partial charge in [0.15, 0.2) is 22.9 Å². The Bertz CT molecular complexity index is 1720. The first-order chi connectivity index (χ1) is 20.2. The molecule has 0 unspecified atom stereocenters. The third kappa shape index (κ3) is 6.71. The third-order valence-corrected chi connectivity index (χ3v) is 7.78. The minimum atomic E-state index is -0.851. The van der Waals surface area contributed by atoms with Crippen molar-refractivity contribution >= 4 is 56.9 Å². The third-order valence-electron chi connectivity index (χ3n) is 5.97. The quantitative estimate of drug-likeness (QED) is 0.278. The van der Waals surface area contributed by atoms with Crippen LogP contribution in [0.5, 0.6) is 17.2 Å². The van der Waals surface area contributed by atoms with Crippen LogP contribution < -0.4 is 29.1 Å². The van der Waals surface area contributed by atoms with Crippen molar-refractivity contribution in [3.8, 4) is 17.2 Å². The van der Waals surface area contributed by atoms with Gasteiger partial charge in [-0.05, 0) is 72.6 Å². The molecule has 4 rings (SSSR count). The van der Waals surface area contributed by atoms with Gasteiger partial charge in [-0.15, -0.1) is 0 Å². The second-order valence-electron chi connectivity index (χ2n) is 8.65. The minimum Gasteiger partial charge on any atom is -0.490 e. The number of hydrogen-bond acceptors (Lipinski definition) is 10. The van der Waals surface area contributed by atoms with Crippen LogP contribution in [0.3, 0.4) is 0 Å². The molecule has 222 valence electrons. The SMILES string of the molecule is CCOC(=O)COc1c(Br)cc(Cl)cc1/C=c1/sc2n(c1=O)[C@@H](c1ccc(OCC)c(OCC)c1)C(C(=O)OC)=CN=2. The summed E-state index contributed by atoms with van der Waals surface area (Å²) >= 11 is 10.9. The zero-order valence-electron chi connectivity index (χ0n) is 23.3. The molecule has 0 N–H and O–H groups in total. The van der Waals surface area contributed by atoms with Crippen molar-refractivity contribution in [3.63, 3.8) is 0 Å². The first kappa shape index (κ1) is 31.3. The summed E-state index contributed by atoms with van der Waals surface area (Å²) < 4.78 is 29.4. The Morgan fingerprint density at radius 3 is 2.50 bits per heavy atom. The lowest BCUT2D eigenvalue weighted by atomic mass is 9.97. The summed E-state index contributed by atoms with van der Waals surface area (Å²) in [5, 5.41) is 0.382. The molecule has 10 nitrogen and oxygen atoms in total. The number of thiazole rings is 1. The molecule has 2 heterocycles. The molecule has 0 fully saturated rings. The molecule has 13 heteroatoms. The number of fused-ring (bicyclic) bond motifs is 1. The van der Waals surface area contributed by atoms with Gasteiger partial charge in [0.25, 0.3) is 5.56 Å². The second kappa shape index (κ2) is 14.0. The van der Waals surface area contributed by atoms with Gasteiger partial charge in [-0.1, -0.05) is 29.0 Å². The minimum absolute atomic E-state index is 0.173. The molecule has 0 spiro atoms. The van der Waals surface area contributed by atoms with E-state index >= 15 is 0 Å². The fourth-order valence-corrected chi connectivity index (χ4v) is 6.21. The molecule has 0 amide bonds. The van der Waals surface area contributed by atoms with Crippen LogP contribution in [0.4, 0.5) is 0 Å². The highest BCUT2D eigenvalue weighted by molar-refractivity contribution is 9.10. The molecular weight excluding hydrogens is 652 g/mol. The van der Waals surface area contributed by atoms with E-state index in [0.717, 1.165) is 11.3 Å². The summed E-state index contributed by atoms with van der Waals surface area (Å²) in [5.74, 6) is 0.159. The lowest BCUT2D eigenvalue weighted by Crippen LogP contribution is -2.39. The van der Waals surface area contributed by atoms with Crippen molar-refractivity contribution in [3.05, 3.63) is 82.4 Å². The van der Waals surface area contributed by atoms with Crippen LogP contribution in [0, 0.1) is 0 Å². The molecule has 0 radical (unpaired) electrons. The summed E-state index contributed by atoms with van der Waals surface area (Å²) in [4.78, 5) is 43.5. The Kier molecular flexibility index (Phi) is 10.5. The van der Waals surface area contributed by atoms with Crippen LogP contribution in [-0.4, -0.2) is 50.0 Å². The fraction of sp³-hybridized carbons (Fsp3) is 0.310. The van der Waals surface area contributed by atoms with Crippen LogP contribution in [0.25, 0.3) is 6.08 Å². The smallest absolute Gasteiger partial charge is 0.344 e. The molecular formula is C29H28BrClN2O8S. The number of ether oxygens (including phenoxy) is 5. The van der Waals surface area contributed by atoms with Gasteiger partial charge < -0.3 is 23.7 Å². The van der Waals surface area contributed by atoms with E-state index in [9.17, 15) is 14.4 Å². The highest BCUT2D eigenvalue weighted by Gasteiger charge is 2.31. The average Bonchev–Trinajstić information content (AvgIpc) is 3.27. The summed E-state index contributed by atoms with van der Waals surface area (Å²) in [6, 6.07) is 7.64. The standard InChI is InChI=1S/C29H28BrClN2O8S/c1-5-38-21-9-8-16(11-22(21)39-6-2)25-19(28(36)37-4)14-32-29-33(25)27(35)23(42-29)12-17-10-18(31)13-20(30)26(17)41-15-24(34)40-7-3/h8-14,25H,5-7,15H2,1-4H3/b23-12+/t25-/m0/s1. The Labute approximate surface area is 258 Å². The van der Waals surface area contributed by atoms with Crippen molar-refractivity contribution < 1.29 is 33.3 Å². The van der Waals surface area contributed by atoms with E-state index in [-0.39, 0.29) is 18.8 Å². The number of esters is 2. The van der Waals surface area contributed by atoms with Crippen molar-refractivity contribution in [1.29, 1.82) is 0 Å². The Morgan fingerprint density at radius 2 is 1.81 bits per heavy atom.